The van der Waals surface area contributed by atoms with Crippen LogP contribution in [0.3, 0.4) is 0 Å². The van der Waals surface area contributed by atoms with Crippen molar-refractivity contribution in [1.29, 1.82) is 0 Å². The zero-order valence-corrected chi connectivity index (χ0v) is 9.75. The highest BCUT2D eigenvalue weighted by molar-refractivity contribution is 6.31. The summed E-state index contributed by atoms with van der Waals surface area (Å²) in [5.41, 5.74) is 1.64. The highest BCUT2D eigenvalue weighted by atomic mass is 35.5. The number of likely N-dealkylation sites (N-methyl/N-ethyl adjacent to an activating group) is 1. The van der Waals surface area contributed by atoms with E-state index in [1.165, 1.54) is 0 Å². The average molecular weight is 228 g/mol. The predicted octanol–water partition coefficient (Wildman–Crippen LogP) is 2.34. The second kappa shape index (κ2) is 4.64. The Morgan fingerprint density at radius 1 is 1.47 bits per heavy atom. The predicted molar refractivity (Wildman–Crippen MR) is 60.3 cm³/mol. The monoisotopic (exact) mass is 227 g/mol. The molecule has 1 aromatic carbocycles. The standard InChI is InChI=1S/C11H14ClNO2/c1-7-4-5-8(6-9(7)12)10(11(14)15)13(2)3/h4-6,10H,1-3H3,(H,14,15). The summed E-state index contributed by atoms with van der Waals surface area (Å²) in [5, 5.41) is 9.67. The van der Waals surface area contributed by atoms with Crippen LogP contribution in [0.2, 0.25) is 5.02 Å². The fourth-order valence-electron chi connectivity index (χ4n) is 1.44. The smallest absolute Gasteiger partial charge is 0.325 e. The van der Waals surface area contributed by atoms with E-state index in [4.69, 9.17) is 16.7 Å². The molecule has 4 heteroatoms. The summed E-state index contributed by atoms with van der Waals surface area (Å²) >= 11 is 5.96. The van der Waals surface area contributed by atoms with E-state index in [0.717, 1.165) is 5.56 Å². The lowest BCUT2D eigenvalue weighted by molar-refractivity contribution is -0.142. The number of carboxylic acids is 1. The molecule has 82 valence electrons. The average Bonchev–Trinajstić information content (AvgIpc) is 2.10. The van der Waals surface area contributed by atoms with E-state index < -0.39 is 12.0 Å². The molecule has 3 nitrogen and oxygen atoms in total. The second-order valence-corrected chi connectivity index (χ2v) is 4.12. The molecule has 1 unspecified atom stereocenters. The Hall–Kier alpha value is -1.06. The maximum Gasteiger partial charge on any atom is 0.325 e. The van der Waals surface area contributed by atoms with Crippen molar-refractivity contribution in [3.8, 4) is 0 Å². The van der Waals surface area contributed by atoms with Crippen LogP contribution in [0, 0.1) is 6.92 Å². The molecule has 0 spiro atoms. The van der Waals surface area contributed by atoms with Gasteiger partial charge in [-0.15, -0.1) is 0 Å². The molecule has 0 aromatic heterocycles. The molecule has 15 heavy (non-hydrogen) atoms. The summed E-state index contributed by atoms with van der Waals surface area (Å²) < 4.78 is 0. The first-order chi connectivity index (χ1) is 6.93. The summed E-state index contributed by atoms with van der Waals surface area (Å²) in [5.74, 6) is -0.875. The topological polar surface area (TPSA) is 40.5 Å². The minimum Gasteiger partial charge on any atom is -0.480 e. The molecule has 1 N–H and O–H groups in total. The number of aliphatic carboxylic acids is 1. The molecular weight excluding hydrogens is 214 g/mol. The maximum atomic E-state index is 11.1. The third-order valence-corrected chi connectivity index (χ3v) is 2.67. The van der Waals surface area contributed by atoms with Crippen LogP contribution in [-0.4, -0.2) is 30.1 Å². The third kappa shape index (κ3) is 2.70. The molecule has 1 atom stereocenters. The van der Waals surface area contributed by atoms with Crippen LogP contribution in [0.1, 0.15) is 17.2 Å². The van der Waals surface area contributed by atoms with E-state index >= 15 is 0 Å². The van der Waals surface area contributed by atoms with Crippen LogP contribution in [0.4, 0.5) is 0 Å². The van der Waals surface area contributed by atoms with Crippen LogP contribution in [0.15, 0.2) is 18.2 Å². The van der Waals surface area contributed by atoms with Crippen molar-refractivity contribution in [2.24, 2.45) is 0 Å². The van der Waals surface area contributed by atoms with Gasteiger partial charge < -0.3 is 5.11 Å². The summed E-state index contributed by atoms with van der Waals surface area (Å²) in [7, 11) is 3.46. The van der Waals surface area contributed by atoms with E-state index in [2.05, 4.69) is 0 Å². The first-order valence-corrected chi connectivity index (χ1v) is 4.96. The molecular formula is C11H14ClNO2. The van der Waals surface area contributed by atoms with E-state index in [0.29, 0.717) is 10.6 Å². The molecule has 1 rings (SSSR count). The Kier molecular flexibility index (Phi) is 3.72. The maximum absolute atomic E-state index is 11.1. The Bertz CT molecular complexity index is 377. The Morgan fingerprint density at radius 2 is 2.07 bits per heavy atom. The van der Waals surface area contributed by atoms with Crippen LogP contribution in [-0.2, 0) is 4.79 Å². The number of carbonyl (C=O) groups is 1. The first-order valence-electron chi connectivity index (χ1n) is 4.58. The molecule has 0 saturated carbocycles. The van der Waals surface area contributed by atoms with E-state index in [9.17, 15) is 4.79 Å². The summed E-state index contributed by atoms with van der Waals surface area (Å²) in [6.07, 6.45) is 0. The van der Waals surface area contributed by atoms with Crippen molar-refractivity contribution in [2.75, 3.05) is 14.1 Å². The minimum atomic E-state index is -0.875. The molecule has 0 aliphatic rings. The van der Waals surface area contributed by atoms with Gasteiger partial charge in [0.1, 0.15) is 6.04 Å². The minimum absolute atomic E-state index is 0.598. The van der Waals surface area contributed by atoms with Crippen molar-refractivity contribution in [3.63, 3.8) is 0 Å². The van der Waals surface area contributed by atoms with Crippen molar-refractivity contribution in [1.82, 2.24) is 4.90 Å². The SMILES string of the molecule is Cc1ccc(C(C(=O)O)N(C)C)cc1Cl. The number of hydrogen-bond donors (Lipinski definition) is 1. The van der Waals surface area contributed by atoms with Crippen LogP contribution in [0.25, 0.3) is 0 Å². The van der Waals surface area contributed by atoms with E-state index in [-0.39, 0.29) is 0 Å². The van der Waals surface area contributed by atoms with Gasteiger partial charge in [-0.25, -0.2) is 0 Å². The van der Waals surface area contributed by atoms with E-state index in [1.54, 1.807) is 31.1 Å². The molecule has 0 fully saturated rings. The lowest BCUT2D eigenvalue weighted by Gasteiger charge is -2.20. The number of rotatable bonds is 3. The van der Waals surface area contributed by atoms with Crippen molar-refractivity contribution in [2.45, 2.75) is 13.0 Å². The summed E-state index contributed by atoms with van der Waals surface area (Å²) in [6, 6.07) is 4.68. The fourth-order valence-corrected chi connectivity index (χ4v) is 1.63. The lowest BCUT2D eigenvalue weighted by atomic mass is 10.0. The van der Waals surface area contributed by atoms with Gasteiger partial charge in [-0.2, -0.15) is 0 Å². The van der Waals surface area contributed by atoms with Gasteiger partial charge in [-0.1, -0.05) is 23.7 Å². The van der Waals surface area contributed by atoms with Crippen molar-refractivity contribution >= 4 is 17.6 Å². The quantitative estimate of drug-likeness (QED) is 0.862. The number of aryl methyl sites for hydroxylation is 1. The molecule has 0 amide bonds. The molecule has 0 heterocycles. The normalized spacial score (nSPS) is 12.9. The molecule has 0 saturated heterocycles. The van der Waals surface area contributed by atoms with Crippen molar-refractivity contribution in [3.05, 3.63) is 34.3 Å². The largest absolute Gasteiger partial charge is 0.480 e. The number of halogens is 1. The molecule has 0 bridgehead atoms. The number of hydrogen-bond acceptors (Lipinski definition) is 2. The zero-order valence-electron chi connectivity index (χ0n) is 8.99. The van der Waals surface area contributed by atoms with E-state index in [1.807, 2.05) is 13.0 Å². The Morgan fingerprint density at radius 3 is 2.47 bits per heavy atom. The van der Waals surface area contributed by atoms with Gasteiger partial charge in [0.15, 0.2) is 0 Å². The Balaban J connectivity index is 3.12. The number of benzene rings is 1. The Labute approximate surface area is 94.3 Å². The summed E-state index contributed by atoms with van der Waals surface area (Å²) in [6.45, 7) is 1.89. The van der Waals surface area contributed by atoms with Gasteiger partial charge in [-0.3, -0.25) is 9.69 Å². The van der Waals surface area contributed by atoms with Crippen molar-refractivity contribution < 1.29 is 9.90 Å². The van der Waals surface area contributed by atoms with Gasteiger partial charge in [0.25, 0.3) is 0 Å². The molecule has 0 radical (unpaired) electrons. The lowest BCUT2D eigenvalue weighted by Crippen LogP contribution is -2.27. The highest BCUT2D eigenvalue weighted by Crippen LogP contribution is 2.24. The molecule has 0 aliphatic heterocycles. The van der Waals surface area contributed by atoms with Gasteiger partial charge in [-0.05, 0) is 38.2 Å². The van der Waals surface area contributed by atoms with Gasteiger partial charge >= 0.3 is 5.97 Å². The second-order valence-electron chi connectivity index (χ2n) is 3.71. The van der Waals surface area contributed by atoms with Crippen LogP contribution in [0.5, 0.6) is 0 Å². The van der Waals surface area contributed by atoms with Crippen LogP contribution < -0.4 is 0 Å². The van der Waals surface area contributed by atoms with Gasteiger partial charge in [0.2, 0.25) is 0 Å². The number of nitrogens with zero attached hydrogens (tertiary/aromatic N) is 1. The van der Waals surface area contributed by atoms with Gasteiger partial charge in [0.05, 0.1) is 0 Å². The fraction of sp³-hybridized carbons (Fsp3) is 0.364. The summed E-state index contributed by atoms with van der Waals surface area (Å²) in [4.78, 5) is 12.7. The molecule has 0 aliphatic carbocycles. The first kappa shape index (κ1) is 12.0. The zero-order chi connectivity index (χ0) is 11.6. The van der Waals surface area contributed by atoms with Crippen LogP contribution >= 0.6 is 11.6 Å². The molecule has 1 aromatic rings. The van der Waals surface area contributed by atoms with Gasteiger partial charge in [0, 0.05) is 5.02 Å². The highest BCUT2D eigenvalue weighted by Gasteiger charge is 2.22. The number of carboxylic acid groups (broad SMARTS) is 1. The third-order valence-electron chi connectivity index (χ3n) is 2.26.